The molecule has 1 atom stereocenters. The first-order valence-electron chi connectivity index (χ1n) is 21.3. The van der Waals surface area contributed by atoms with Crippen molar-refractivity contribution in [3.63, 3.8) is 0 Å². The average Bonchev–Trinajstić information content (AvgIpc) is 3.17. The number of allylic oxidation sites excluding steroid dienone is 4. The molecule has 3 aromatic rings. The first-order chi connectivity index (χ1) is 24.4. The number of benzene rings is 3. The number of rotatable bonds is 10. The van der Waals surface area contributed by atoms with Gasteiger partial charge in [0.25, 0.3) is 0 Å². The van der Waals surface area contributed by atoms with Gasteiger partial charge in [-0.15, -0.1) is 0 Å². The van der Waals surface area contributed by atoms with E-state index in [-0.39, 0.29) is 5.04 Å². The zero-order valence-corrected chi connectivity index (χ0v) is 47.5. The molecule has 0 aromatic heterocycles. The third-order valence-corrected chi connectivity index (χ3v) is 32.5. The van der Waals surface area contributed by atoms with Crippen molar-refractivity contribution in [1.29, 1.82) is 0 Å². The van der Waals surface area contributed by atoms with Gasteiger partial charge in [-0.05, 0) is 62.7 Å². The van der Waals surface area contributed by atoms with Crippen LogP contribution in [-0.4, -0.2) is 56.5 Å². The maximum Gasteiger partial charge on any atom is 0.161 e. The van der Waals surface area contributed by atoms with Crippen LogP contribution in [-0.2, 0) is 0 Å². The van der Waals surface area contributed by atoms with Crippen LogP contribution in [0.25, 0.3) is 0 Å². The molecule has 0 aliphatic heterocycles. The van der Waals surface area contributed by atoms with Crippen molar-refractivity contribution in [3.8, 4) is 0 Å². The summed E-state index contributed by atoms with van der Waals surface area (Å²) in [5, 5.41) is 16.0. The maximum atomic E-state index is 2.87. The van der Waals surface area contributed by atoms with Crippen molar-refractivity contribution < 1.29 is 0 Å². The van der Waals surface area contributed by atoms with Gasteiger partial charge in [-0.3, -0.25) is 0 Å². The lowest BCUT2D eigenvalue weighted by atomic mass is 10.0. The molecule has 1 aliphatic rings. The first kappa shape index (κ1) is 46.3. The molecule has 1 unspecified atom stereocenters. The van der Waals surface area contributed by atoms with Crippen LogP contribution in [0.1, 0.15) is 44.4 Å². The zero-order chi connectivity index (χ0) is 42.6. The van der Waals surface area contributed by atoms with Gasteiger partial charge in [0.05, 0.1) is 48.4 Å². The van der Waals surface area contributed by atoms with Crippen LogP contribution >= 0.6 is 0 Å². The van der Waals surface area contributed by atoms with Crippen LogP contribution in [0.4, 0.5) is 0 Å². The molecule has 0 saturated heterocycles. The minimum Gasteiger partial charge on any atom is -0.0730 e. The summed E-state index contributed by atoms with van der Waals surface area (Å²) >= 11 is 0. The predicted molar refractivity (Wildman–Crippen MR) is 277 cm³/mol. The third kappa shape index (κ3) is 8.16. The molecule has 0 nitrogen and oxygen atoms in total. The quantitative estimate of drug-likeness (QED) is 0.141. The molecule has 302 valence electrons. The fourth-order valence-corrected chi connectivity index (χ4v) is 36.1. The van der Waals surface area contributed by atoms with Crippen molar-refractivity contribution in [1.82, 2.24) is 0 Å². The molecule has 0 N–H and O–H groups in total. The molecule has 0 fully saturated rings. The minimum atomic E-state index is -3.18. The molecule has 0 saturated carbocycles. The predicted octanol–water partition coefficient (Wildman–Crippen LogP) is 9.41. The minimum absolute atomic E-state index is 0.157. The monoisotopic (exact) mass is 854 g/mol. The van der Waals surface area contributed by atoms with Crippen LogP contribution in [0.3, 0.4) is 0 Å². The van der Waals surface area contributed by atoms with Gasteiger partial charge in [0.15, 0.2) is 8.07 Å². The van der Waals surface area contributed by atoms with E-state index in [2.05, 4.69) is 209 Å². The van der Waals surface area contributed by atoms with Crippen LogP contribution in [0, 0.1) is 20.8 Å². The number of hydrogen-bond donors (Lipinski definition) is 0. The normalized spacial score (nSPS) is 18.0. The molecule has 1 aliphatic carbocycles. The highest BCUT2D eigenvalue weighted by Crippen LogP contribution is 2.53. The van der Waals surface area contributed by atoms with Crippen molar-refractivity contribution in [2.75, 3.05) is 0 Å². The highest BCUT2D eigenvalue weighted by atomic mass is 28.3. The SMILES string of the molecule is CC1=CC(C)([Si](c2c([Si](C)(C)C)cc(C)cc2[Si](C)(C)C)(c2c([Si](C)(C)C)cc(C)cc2[Si](C)(C)C)c2c([Si](C)(C)C)cc(C)cc2[Si](C)(C)C)C(C)=C1C. The Morgan fingerprint density at radius 3 is 0.691 bits per heavy atom. The van der Waals surface area contributed by atoms with Gasteiger partial charge >= 0.3 is 0 Å². The Morgan fingerprint density at radius 1 is 0.345 bits per heavy atom. The van der Waals surface area contributed by atoms with Crippen molar-refractivity contribution in [3.05, 3.63) is 75.9 Å². The second kappa shape index (κ2) is 14.4. The molecule has 3 aromatic carbocycles. The summed E-state index contributed by atoms with van der Waals surface area (Å²) in [6.07, 6.45) is 2.87. The molecular formula is C48H82Si7. The Balaban J connectivity index is 2.87. The molecule has 55 heavy (non-hydrogen) atoms. The Labute approximate surface area is 348 Å². The maximum absolute atomic E-state index is 3.18. The van der Waals surface area contributed by atoms with Gasteiger partial charge in [-0.1, -0.05) is 226 Å². The van der Waals surface area contributed by atoms with Crippen LogP contribution in [0.15, 0.2) is 59.2 Å². The van der Waals surface area contributed by atoms with Crippen LogP contribution in [0.5, 0.6) is 0 Å². The van der Waals surface area contributed by atoms with Crippen LogP contribution in [0.2, 0.25) is 123 Å². The van der Waals surface area contributed by atoms with Gasteiger partial charge in [0.2, 0.25) is 0 Å². The van der Waals surface area contributed by atoms with E-state index in [9.17, 15) is 0 Å². The Morgan fingerprint density at radius 2 is 0.545 bits per heavy atom. The summed E-state index contributed by atoms with van der Waals surface area (Å²) in [5.41, 5.74) is 9.06. The molecule has 0 spiro atoms. The Bertz CT molecular complexity index is 1770. The lowest BCUT2D eigenvalue weighted by Gasteiger charge is -2.55. The molecule has 0 heterocycles. The standard InChI is InChI=1S/C48H82Si7/c1-33-26-39(49(8,9)10)45(40(27-33)50(11,12)13)55(48(7)32-36(4)37(5)38(48)6,46-41(51(14,15)16)28-34(2)29-42(46)52(17,18)19)47-43(53(20,21)22)30-35(3)31-44(47)54(23,24)25/h26-32H,1-25H3. The highest BCUT2D eigenvalue weighted by Gasteiger charge is 2.63. The molecule has 4 rings (SSSR count). The molecule has 7 heteroatoms. The molecule has 0 amide bonds. The molecular weight excluding hydrogens is 773 g/mol. The summed E-state index contributed by atoms with van der Waals surface area (Å²) in [6, 6.07) is 16.4. The number of aryl methyl sites for hydroxylation is 3. The topological polar surface area (TPSA) is 0 Å². The van der Waals surface area contributed by atoms with Crippen LogP contribution < -0.4 is 46.7 Å². The smallest absolute Gasteiger partial charge is 0.0730 e. The van der Waals surface area contributed by atoms with E-state index in [0.717, 1.165) is 0 Å². The van der Waals surface area contributed by atoms with Crippen molar-refractivity contribution in [2.24, 2.45) is 0 Å². The van der Waals surface area contributed by atoms with E-state index in [1.54, 1.807) is 36.7 Å². The molecule has 0 bridgehead atoms. The molecule has 0 radical (unpaired) electrons. The lowest BCUT2D eigenvalue weighted by Crippen LogP contribution is -2.91. The van der Waals surface area contributed by atoms with Gasteiger partial charge in [0.1, 0.15) is 0 Å². The van der Waals surface area contributed by atoms with Crippen molar-refractivity contribution >= 4 is 103 Å². The summed E-state index contributed by atoms with van der Waals surface area (Å²) in [5.74, 6) is 0. The van der Waals surface area contributed by atoms with Gasteiger partial charge in [-0.2, -0.15) is 0 Å². The van der Waals surface area contributed by atoms with Gasteiger partial charge < -0.3 is 0 Å². The summed E-state index contributed by atoms with van der Waals surface area (Å²) in [6.45, 7) is 65.6. The van der Waals surface area contributed by atoms with E-state index in [0.29, 0.717) is 0 Å². The van der Waals surface area contributed by atoms with Crippen molar-refractivity contribution in [2.45, 2.75) is 171 Å². The lowest BCUT2D eigenvalue weighted by molar-refractivity contribution is 0.872. The van der Waals surface area contributed by atoms with Gasteiger partial charge in [-0.25, -0.2) is 0 Å². The summed E-state index contributed by atoms with van der Waals surface area (Å²) < 4.78 is 0. The Hall–Kier alpha value is -1.34. The Kier molecular flexibility index (Phi) is 12.2. The van der Waals surface area contributed by atoms with E-state index >= 15 is 0 Å². The number of hydrogen-bond acceptors (Lipinski definition) is 0. The summed E-state index contributed by atoms with van der Waals surface area (Å²) in [4.78, 5) is 0. The van der Waals surface area contributed by atoms with E-state index in [1.165, 1.54) is 27.8 Å². The third-order valence-electron chi connectivity index (χ3n) is 13.0. The first-order valence-corrected chi connectivity index (χ1v) is 44.3. The van der Waals surface area contributed by atoms with Gasteiger partial charge in [0, 0.05) is 5.04 Å². The summed E-state index contributed by atoms with van der Waals surface area (Å²) in [7, 11) is -14.8. The highest BCUT2D eigenvalue weighted by molar-refractivity contribution is 7.26. The zero-order valence-electron chi connectivity index (χ0n) is 40.5. The fourth-order valence-electron chi connectivity index (χ4n) is 10.00. The van der Waals surface area contributed by atoms with E-state index < -0.39 is 56.5 Å². The van der Waals surface area contributed by atoms with E-state index in [4.69, 9.17) is 0 Å². The fraction of sp³-hybridized carbons (Fsp3) is 0.542. The van der Waals surface area contributed by atoms with E-state index in [1.807, 2.05) is 15.6 Å². The largest absolute Gasteiger partial charge is 0.161 e. The second-order valence-corrected chi connectivity index (χ2v) is 58.5. The average molecular weight is 856 g/mol. The second-order valence-electron chi connectivity index (χ2n) is 24.2.